The molecular weight excluding hydrogens is 442 g/mol. The summed E-state index contributed by atoms with van der Waals surface area (Å²) in [5.74, 6) is 2.44. The Hall–Kier alpha value is -2.87. The molecule has 1 saturated heterocycles. The molecule has 3 heterocycles. The normalized spacial score (nSPS) is 20.3. The van der Waals surface area contributed by atoms with Crippen molar-refractivity contribution in [1.29, 1.82) is 0 Å². The van der Waals surface area contributed by atoms with Crippen LogP contribution >= 0.6 is 0 Å². The van der Waals surface area contributed by atoms with Gasteiger partial charge in [0.1, 0.15) is 19.0 Å². The lowest BCUT2D eigenvalue weighted by Crippen LogP contribution is -2.34. The first-order chi connectivity index (χ1) is 17.1. The minimum atomic E-state index is -0.575. The van der Waals surface area contributed by atoms with E-state index in [1.165, 1.54) is 5.56 Å². The summed E-state index contributed by atoms with van der Waals surface area (Å²) in [6.45, 7) is 5.97. The Morgan fingerprint density at radius 2 is 1.94 bits per heavy atom. The largest absolute Gasteiger partial charge is 0.497 e. The van der Waals surface area contributed by atoms with Crippen LogP contribution in [0.3, 0.4) is 0 Å². The zero-order chi connectivity index (χ0) is 24.2. The van der Waals surface area contributed by atoms with Gasteiger partial charge in [-0.15, -0.1) is 0 Å². The number of methoxy groups -OCH3 is 1. The average Bonchev–Trinajstić information content (AvgIpc) is 3.12. The molecule has 2 N–H and O–H groups in total. The number of likely N-dealkylation sites (tertiary alicyclic amines) is 1. The summed E-state index contributed by atoms with van der Waals surface area (Å²) in [7, 11) is 1.66. The smallest absolute Gasteiger partial charge is 0.161 e. The third-order valence-corrected chi connectivity index (χ3v) is 7.15. The van der Waals surface area contributed by atoms with Crippen molar-refractivity contribution >= 4 is 10.9 Å². The predicted octanol–water partition coefficient (Wildman–Crippen LogP) is 4.25. The highest BCUT2D eigenvalue weighted by molar-refractivity contribution is 5.83. The molecule has 1 aromatic heterocycles. The highest BCUT2D eigenvalue weighted by Crippen LogP contribution is 2.33. The molecule has 186 valence electrons. The molecule has 0 amide bonds. The second kappa shape index (κ2) is 10.8. The standard InChI is InChI=1S/C28H35N3O4/c1-19(20-5-8-27-28(16-20)35-15-14-34-27)30-21-4-3-12-31(13-10-21)18-26(32)23-9-11-29-25-7-6-22(33-2)17-24(23)25/h5-9,11,16-17,19,21,26,30,32H,3-4,10,12-15,18H2,1-2H3. The molecule has 0 spiro atoms. The number of hydrogen-bond acceptors (Lipinski definition) is 7. The second-order valence-electron chi connectivity index (χ2n) is 9.52. The third-order valence-electron chi connectivity index (χ3n) is 7.15. The molecule has 7 nitrogen and oxygen atoms in total. The van der Waals surface area contributed by atoms with Crippen LogP contribution in [0.2, 0.25) is 0 Å². The van der Waals surface area contributed by atoms with Crippen LogP contribution in [0.4, 0.5) is 0 Å². The number of rotatable bonds is 7. The number of aromatic nitrogens is 1. The Morgan fingerprint density at radius 3 is 2.80 bits per heavy atom. The highest BCUT2D eigenvalue weighted by Gasteiger charge is 2.23. The van der Waals surface area contributed by atoms with Crippen molar-refractivity contribution in [2.75, 3.05) is 40.0 Å². The number of ether oxygens (including phenoxy) is 3. The van der Waals surface area contributed by atoms with Crippen molar-refractivity contribution in [2.24, 2.45) is 0 Å². The maximum absolute atomic E-state index is 11.1. The van der Waals surface area contributed by atoms with Gasteiger partial charge < -0.3 is 29.5 Å². The van der Waals surface area contributed by atoms with E-state index in [0.717, 1.165) is 66.1 Å². The summed E-state index contributed by atoms with van der Waals surface area (Å²) in [6.07, 6.45) is 4.47. The summed E-state index contributed by atoms with van der Waals surface area (Å²) in [5, 5.41) is 15.9. The monoisotopic (exact) mass is 477 g/mol. The van der Waals surface area contributed by atoms with Crippen molar-refractivity contribution in [2.45, 2.75) is 44.4 Å². The zero-order valence-electron chi connectivity index (χ0n) is 20.6. The van der Waals surface area contributed by atoms with Crippen molar-refractivity contribution in [3.05, 3.63) is 59.8 Å². The van der Waals surface area contributed by atoms with Crippen LogP contribution in [0, 0.1) is 0 Å². The maximum Gasteiger partial charge on any atom is 0.161 e. The van der Waals surface area contributed by atoms with E-state index < -0.39 is 6.10 Å². The van der Waals surface area contributed by atoms with Crippen molar-refractivity contribution < 1.29 is 19.3 Å². The summed E-state index contributed by atoms with van der Waals surface area (Å²) in [6, 6.07) is 14.6. The Labute approximate surface area is 207 Å². The van der Waals surface area contributed by atoms with Gasteiger partial charge in [-0.2, -0.15) is 0 Å². The van der Waals surface area contributed by atoms with Gasteiger partial charge in [0.2, 0.25) is 0 Å². The fraction of sp³-hybridized carbons (Fsp3) is 0.464. The van der Waals surface area contributed by atoms with Gasteiger partial charge in [0.25, 0.3) is 0 Å². The van der Waals surface area contributed by atoms with Crippen molar-refractivity contribution in [1.82, 2.24) is 15.2 Å². The summed E-state index contributed by atoms with van der Waals surface area (Å²) in [4.78, 5) is 6.83. The Morgan fingerprint density at radius 1 is 1.09 bits per heavy atom. The Balaban J connectivity index is 1.19. The Bertz CT molecular complexity index is 1150. The van der Waals surface area contributed by atoms with Gasteiger partial charge in [-0.25, -0.2) is 0 Å². The van der Waals surface area contributed by atoms with Crippen molar-refractivity contribution in [3.8, 4) is 17.2 Å². The molecule has 5 rings (SSSR count). The van der Waals surface area contributed by atoms with Crippen LogP contribution in [0.1, 0.15) is 49.5 Å². The van der Waals surface area contributed by atoms with E-state index >= 15 is 0 Å². The van der Waals surface area contributed by atoms with Crippen molar-refractivity contribution in [3.63, 3.8) is 0 Å². The van der Waals surface area contributed by atoms with E-state index in [4.69, 9.17) is 14.2 Å². The van der Waals surface area contributed by atoms with E-state index in [-0.39, 0.29) is 6.04 Å². The summed E-state index contributed by atoms with van der Waals surface area (Å²) < 4.78 is 16.8. The first-order valence-electron chi connectivity index (χ1n) is 12.6. The van der Waals surface area contributed by atoms with Gasteiger partial charge in [-0.05, 0) is 86.8 Å². The molecule has 0 radical (unpaired) electrons. The lowest BCUT2D eigenvalue weighted by atomic mass is 10.0. The summed E-state index contributed by atoms with van der Waals surface area (Å²) in [5.41, 5.74) is 2.99. The lowest BCUT2D eigenvalue weighted by Gasteiger charge is -2.26. The number of hydrogen-bond donors (Lipinski definition) is 2. The van der Waals surface area contributed by atoms with E-state index in [0.29, 0.717) is 25.8 Å². The molecule has 35 heavy (non-hydrogen) atoms. The van der Waals surface area contributed by atoms with Gasteiger partial charge in [-0.1, -0.05) is 6.07 Å². The molecule has 0 saturated carbocycles. The van der Waals surface area contributed by atoms with E-state index in [1.54, 1.807) is 13.3 Å². The first-order valence-corrected chi connectivity index (χ1v) is 12.6. The minimum Gasteiger partial charge on any atom is -0.497 e. The number of nitrogens with zero attached hydrogens (tertiary/aromatic N) is 2. The highest BCUT2D eigenvalue weighted by atomic mass is 16.6. The maximum atomic E-state index is 11.1. The molecule has 3 atom stereocenters. The molecule has 7 heteroatoms. The van der Waals surface area contributed by atoms with Crippen LogP contribution in [0.5, 0.6) is 17.2 Å². The fourth-order valence-electron chi connectivity index (χ4n) is 5.19. The number of fused-ring (bicyclic) bond motifs is 2. The third kappa shape index (κ3) is 5.53. The molecule has 2 aromatic carbocycles. The van der Waals surface area contributed by atoms with Gasteiger partial charge in [0, 0.05) is 30.2 Å². The van der Waals surface area contributed by atoms with Gasteiger partial charge >= 0.3 is 0 Å². The number of benzene rings is 2. The first kappa shape index (κ1) is 23.9. The number of aliphatic hydroxyl groups is 1. The van der Waals surface area contributed by atoms with E-state index in [9.17, 15) is 5.11 Å². The molecular formula is C28H35N3O4. The second-order valence-corrected chi connectivity index (χ2v) is 9.52. The van der Waals surface area contributed by atoms with Crippen LogP contribution in [-0.2, 0) is 0 Å². The molecule has 0 aliphatic carbocycles. The minimum absolute atomic E-state index is 0.228. The quantitative estimate of drug-likeness (QED) is 0.527. The molecule has 0 bridgehead atoms. The Kier molecular flexibility index (Phi) is 7.37. The van der Waals surface area contributed by atoms with E-state index in [1.807, 2.05) is 30.3 Å². The lowest BCUT2D eigenvalue weighted by molar-refractivity contribution is 0.115. The molecule has 3 aromatic rings. The van der Waals surface area contributed by atoms with Gasteiger partial charge in [-0.3, -0.25) is 4.98 Å². The molecule has 2 aliphatic heterocycles. The topological polar surface area (TPSA) is 76.1 Å². The molecule has 1 fully saturated rings. The zero-order valence-corrected chi connectivity index (χ0v) is 20.6. The van der Waals surface area contributed by atoms with Crippen LogP contribution in [0.25, 0.3) is 10.9 Å². The van der Waals surface area contributed by atoms with Crippen LogP contribution < -0.4 is 19.5 Å². The number of aliphatic hydroxyl groups excluding tert-OH is 1. The molecule has 2 aliphatic rings. The molecule has 3 unspecified atom stereocenters. The SMILES string of the molecule is COc1ccc2nccc(C(O)CN3CCCC(NC(C)c4ccc5c(c4)OCCO5)CC3)c2c1. The van der Waals surface area contributed by atoms with Gasteiger partial charge in [0.05, 0.1) is 18.7 Å². The fourth-order valence-corrected chi connectivity index (χ4v) is 5.19. The predicted molar refractivity (Wildman–Crippen MR) is 136 cm³/mol. The summed E-state index contributed by atoms with van der Waals surface area (Å²) >= 11 is 0. The van der Waals surface area contributed by atoms with Crippen LogP contribution in [0.15, 0.2) is 48.7 Å². The van der Waals surface area contributed by atoms with Gasteiger partial charge in [0.15, 0.2) is 11.5 Å². The number of β-amino-alcohol motifs (C(OH)–C–C–N with tert-alkyl or cyclic N) is 1. The number of pyridine rings is 1. The number of nitrogens with one attached hydrogen (secondary N) is 1. The van der Waals surface area contributed by atoms with Crippen LogP contribution in [-0.4, -0.2) is 61.0 Å². The average molecular weight is 478 g/mol. The van der Waals surface area contributed by atoms with E-state index in [2.05, 4.69) is 34.3 Å².